The molecule has 3 amide bonds. The molecule has 0 aromatic heterocycles. The first-order chi connectivity index (χ1) is 15.8. The Balaban J connectivity index is 5.54. The van der Waals surface area contributed by atoms with E-state index in [0.29, 0.717) is 25.8 Å². The van der Waals surface area contributed by atoms with Crippen LogP contribution in [0.15, 0.2) is 0 Å². The molecule has 14 heteroatoms. The second kappa shape index (κ2) is 15.6. The highest BCUT2D eigenvalue weighted by Crippen LogP contribution is 2.07. The van der Waals surface area contributed by atoms with E-state index in [9.17, 15) is 28.8 Å². The largest absolute Gasteiger partial charge is 0.481 e. The predicted molar refractivity (Wildman–Crippen MR) is 118 cm³/mol. The molecule has 14 nitrogen and oxygen atoms in total. The van der Waals surface area contributed by atoms with Crippen molar-refractivity contribution < 1.29 is 44.1 Å². The second-order valence-electron chi connectivity index (χ2n) is 8.24. The number of carboxylic acid groups (broad SMARTS) is 3. The smallest absolute Gasteiger partial charge is 0.326 e. The molecule has 0 rings (SSSR count). The second-order valence-corrected chi connectivity index (χ2v) is 8.24. The summed E-state index contributed by atoms with van der Waals surface area (Å²) in [4.78, 5) is 70.9. The predicted octanol–water partition coefficient (Wildman–Crippen LogP) is -2.02. The Morgan fingerprint density at radius 2 is 1.21 bits per heavy atom. The Labute approximate surface area is 196 Å². The van der Waals surface area contributed by atoms with Crippen molar-refractivity contribution in [3.63, 3.8) is 0 Å². The number of amides is 3. The number of aliphatic carboxylic acids is 3. The zero-order chi connectivity index (χ0) is 26.4. The molecule has 0 saturated heterocycles. The summed E-state index contributed by atoms with van der Waals surface area (Å²) in [5.74, 6) is -7.21. The lowest BCUT2D eigenvalue weighted by molar-refractivity contribution is -0.148. The van der Waals surface area contributed by atoms with E-state index in [1.165, 1.54) is 0 Å². The van der Waals surface area contributed by atoms with Crippen LogP contribution in [-0.2, 0) is 28.8 Å². The first kappa shape index (κ1) is 30.7. The first-order valence-electron chi connectivity index (χ1n) is 10.8. The number of carboxylic acids is 3. The lowest BCUT2D eigenvalue weighted by Gasteiger charge is -2.24. The van der Waals surface area contributed by atoms with Gasteiger partial charge < -0.3 is 42.7 Å². The van der Waals surface area contributed by atoms with Gasteiger partial charge in [-0.2, -0.15) is 0 Å². The van der Waals surface area contributed by atoms with Gasteiger partial charge >= 0.3 is 17.9 Å². The Kier molecular flexibility index (Phi) is 14.1. The molecule has 0 saturated carbocycles. The minimum atomic E-state index is -1.84. The van der Waals surface area contributed by atoms with E-state index in [1.54, 1.807) is 0 Å². The summed E-state index contributed by atoms with van der Waals surface area (Å²) in [5, 5.41) is 33.6. The van der Waals surface area contributed by atoms with E-state index >= 15 is 0 Å². The van der Waals surface area contributed by atoms with Gasteiger partial charge in [-0.05, 0) is 38.1 Å². The van der Waals surface area contributed by atoms with Gasteiger partial charge in [0.05, 0.1) is 18.9 Å². The molecule has 0 aliphatic rings. The molecule has 0 spiro atoms. The van der Waals surface area contributed by atoms with Crippen LogP contribution in [0.25, 0.3) is 0 Å². The Morgan fingerprint density at radius 1 is 0.735 bits per heavy atom. The SMILES string of the molecule is CC(C)CC(N)C(=O)NC(CCCCN)C(=O)NC(CC(=O)O)C(=O)NC(CC(=O)O)C(=O)O. The lowest BCUT2D eigenvalue weighted by Crippen LogP contribution is -2.57. The highest BCUT2D eigenvalue weighted by Gasteiger charge is 2.32. The van der Waals surface area contributed by atoms with Gasteiger partial charge in [0, 0.05) is 0 Å². The number of hydrogen-bond acceptors (Lipinski definition) is 8. The van der Waals surface area contributed by atoms with Crippen molar-refractivity contribution in [2.75, 3.05) is 6.54 Å². The molecule has 4 unspecified atom stereocenters. The monoisotopic (exact) mass is 489 g/mol. The molecule has 0 radical (unpaired) electrons. The van der Waals surface area contributed by atoms with Gasteiger partial charge in [-0.1, -0.05) is 13.8 Å². The molecule has 4 atom stereocenters. The summed E-state index contributed by atoms with van der Waals surface area (Å²) in [6.07, 6.45) is -0.418. The van der Waals surface area contributed by atoms with Crippen molar-refractivity contribution in [3.05, 3.63) is 0 Å². The van der Waals surface area contributed by atoms with Crippen molar-refractivity contribution in [1.29, 1.82) is 0 Å². The number of rotatable bonds is 17. The van der Waals surface area contributed by atoms with Crippen molar-refractivity contribution in [1.82, 2.24) is 16.0 Å². The van der Waals surface area contributed by atoms with E-state index < -0.39 is 72.6 Å². The van der Waals surface area contributed by atoms with E-state index in [2.05, 4.69) is 10.6 Å². The standard InChI is InChI=1S/C20H35N5O9/c1-10(2)7-11(22)17(30)23-12(5-3-4-6-21)18(31)24-13(8-15(26)27)19(32)25-14(20(33)34)9-16(28)29/h10-14H,3-9,21-22H2,1-2H3,(H,23,30)(H,24,31)(H,25,32)(H,26,27)(H,28,29)(H,33,34). The number of carbonyl (C=O) groups is 6. The molecule has 0 fully saturated rings. The number of unbranched alkanes of at least 4 members (excludes halogenated alkanes) is 1. The molecule has 0 bridgehead atoms. The van der Waals surface area contributed by atoms with Crippen molar-refractivity contribution in [3.8, 4) is 0 Å². The summed E-state index contributed by atoms with van der Waals surface area (Å²) in [7, 11) is 0. The first-order valence-corrected chi connectivity index (χ1v) is 10.8. The third kappa shape index (κ3) is 12.7. The van der Waals surface area contributed by atoms with Gasteiger partial charge in [0.2, 0.25) is 17.7 Å². The van der Waals surface area contributed by atoms with Gasteiger partial charge in [-0.25, -0.2) is 4.79 Å². The summed E-state index contributed by atoms with van der Waals surface area (Å²) in [5.41, 5.74) is 11.3. The fourth-order valence-corrected chi connectivity index (χ4v) is 2.96. The highest BCUT2D eigenvalue weighted by atomic mass is 16.4. The topological polar surface area (TPSA) is 251 Å². The van der Waals surface area contributed by atoms with Crippen LogP contribution in [0.4, 0.5) is 0 Å². The molecule has 0 heterocycles. The number of nitrogens with two attached hydrogens (primary N) is 2. The zero-order valence-corrected chi connectivity index (χ0v) is 19.3. The van der Waals surface area contributed by atoms with Gasteiger partial charge in [0.15, 0.2) is 0 Å². The van der Waals surface area contributed by atoms with Crippen LogP contribution in [0.5, 0.6) is 0 Å². The quantitative estimate of drug-likeness (QED) is 0.103. The number of nitrogens with one attached hydrogen (secondary N) is 3. The Morgan fingerprint density at radius 3 is 1.68 bits per heavy atom. The average molecular weight is 490 g/mol. The van der Waals surface area contributed by atoms with Crippen LogP contribution >= 0.6 is 0 Å². The molecule has 0 aromatic carbocycles. The number of hydrogen-bond donors (Lipinski definition) is 8. The van der Waals surface area contributed by atoms with Gasteiger partial charge in [0.25, 0.3) is 0 Å². The fourth-order valence-electron chi connectivity index (χ4n) is 2.96. The number of carbonyl (C=O) groups excluding carboxylic acids is 3. The van der Waals surface area contributed by atoms with E-state index in [0.717, 1.165) is 0 Å². The Hall–Kier alpha value is -3.26. The van der Waals surface area contributed by atoms with E-state index in [1.807, 2.05) is 19.2 Å². The van der Waals surface area contributed by atoms with Crippen LogP contribution in [-0.4, -0.2) is 81.7 Å². The zero-order valence-electron chi connectivity index (χ0n) is 19.3. The van der Waals surface area contributed by atoms with Gasteiger partial charge in [0.1, 0.15) is 18.1 Å². The summed E-state index contributed by atoms with van der Waals surface area (Å²) in [6, 6.07) is -5.61. The van der Waals surface area contributed by atoms with E-state index in [-0.39, 0.29) is 12.3 Å². The minimum Gasteiger partial charge on any atom is -0.481 e. The molecule has 0 aliphatic heterocycles. The average Bonchev–Trinajstić information content (AvgIpc) is 2.70. The van der Waals surface area contributed by atoms with Gasteiger partial charge in [-0.15, -0.1) is 0 Å². The third-order valence-electron chi connectivity index (χ3n) is 4.65. The van der Waals surface area contributed by atoms with Crippen LogP contribution in [0.2, 0.25) is 0 Å². The molecule has 34 heavy (non-hydrogen) atoms. The van der Waals surface area contributed by atoms with E-state index in [4.69, 9.17) is 26.8 Å². The summed E-state index contributed by atoms with van der Waals surface area (Å²) < 4.78 is 0. The third-order valence-corrected chi connectivity index (χ3v) is 4.65. The maximum absolute atomic E-state index is 12.8. The van der Waals surface area contributed by atoms with Crippen molar-refractivity contribution in [2.24, 2.45) is 17.4 Å². The van der Waals surface area contributed by atoms with Crippen molar-refractivity contribution >= 4 is 35.6 Å². The summed E-state index contributed by atoms with van der Waals surface area (Å²) in [6.45, 7) is 4.06. The van der Waals surface area contributed by atoms with Crippen molar-refractivity contribution in [2.45, 2.75) is 76.5 Å². The maximum atomic E-state index is 12.8. The lowest BCUT2D eigenvalue weighted by atomic mass is 10.0. The highest BCUT2D eigenvalue weighted by molar-refractivity contribution is 5.96. The van der Waals surface area contributed by atoms with Crippen LogP contribution in [0, 0.1) is 5.92 Å². The molecule has 0 aromatic rings. The maximum Gasteiger partial charge on any atom is 0.326 e. The fraction of sp³-hybridized carbons (Fsp3) is 0.700. The minimum absolute atomic E-state index is 0.113. The Bertz CT molecular complexity index is 744. The van der Waals surface area contributed by atoms with Crippen LogP contribution in [0.1, 0.15) is 52.4 Å². The molecular weight excluding hydrogens is 454 g/mol. The van der Waals surface area contributed by atoms with Gasteiger partial charge in [-0.3, -0.25) is 24.0 Å². The summed E-state index contributed by atoms with van der Waals surface area (Å²) >= 11 is 0. The molecule has 0 aliphatic carbocycles. The molecule has 194 valence electrons. The normalized spacial score (nSPS) is 14.4. The van der Waals surface area contributed by atoms with Crippen LogP contribution in [0.3, 0.4) is 0 Å². The molecular formula is C20H35N5O9. The molecule has 10 N–H and O–H groups in total. The van der Waals surface area contributed by atoms with Crippen LogP contribution < -0.4 is 27.4 Å².